The summed E-state index contributed by atoms with van der Waals surface area (Å²) in [6, 6.07) is 11.5. The third-order valence-electron chi connectivity index (χ3n) is 3.19. The Morgan fingerprint density at radius 2 is 2.16 bits per heavy atom. The minimum absolute atomic E-state index is 0.321. The van der Waals surface area contributed by atoms with Crippen LogP contribution in [0.15, 0.2) is 48.8 Å². The topological polar surface area (TPSA) is 49.6 Å². The summed E-state index contributed by atoms with van der Waals surface area (Å²) in [5.41, 5.74) is 4.10. The first-order chi connectivity index (χ1) is 9.24. The lowest BCUT2D eigenvalue weighted by atomic mass is 10.2. The van der Waals surface area contributed by atoms with Crippen molar-refractivity contribution in [2.75, 3.05) is 5.32 Å². The summed E-state index contributed by atoms with van der Waals surface area (Å²) >= 11 is 0. The zero-order valence-corrected chi connectivity index (χ0v) is 10.7. The van der Waals surface area contributed by atoms with Crippen LogP contribution >= 0.6 is 0 Å². The van der Waals surface area contributed by atoms with Gasteiger partial charge in [0.2, 0.25) is 0 Å². The normalized spacial score (nSPS) is 10.8. The highest BCUT2D eigenvalue weighted by Gasteiger charge is 2.03. The lowest BCUT2D eigenvalue weighted by Crippen LogP contribution is -1.99. The molecule has 0 radical (unpaired) electrons. The number of benzene rings is 1. The summed E-state index contributed by atoms with van der Waals surface area (Å²) in [5.74, 6) is 0.321. The Morgan fingerprint density at radius 3 is 3.00 bits per heavy atom. The first-order valence-corrected chi connectivity index (χ1v) is 6.19. The van der Waals surface area contributed by atoms with Gasteiger partial charge < -0.3 is 10.4 Å². The van der Waals surface area contributed by atoms with Crippen molar-refractivity contribution in [3.8, 4) is 5.75 Å². The first kappa shape index (κ1) is 11.6. The number of anilines is 1. The number of phenols is 1. The molecule has 4 nitrogen and oxygen atoms in total. The van der Waals surface area contributed by atoms with E-state index in [0.717, 1.165) is 22.3 Å². The van der Waals surface area contributed by atoms with Crippen molar-refractivity contribution in [3.05, 3.63) is 59.9 Å². The van der Waals surface area contributed by atoms with Crippen molar-refractivity contribution >= 4 is 11.2 Å². The van der Waals surface area contributed by atoms with Gasteiger partial charge in [0.15, 0.2) is 0 Å². The second-order valence-electron chi connectivity index (χ2n) is 4.56. The van der Waals surface area contributed by atoms with Crippen LogP contribution in [0.25, 0.3) is 5.52 Å². The molecular formula is C15H15N3O. The molecule has 19 heavy (non-hydrogen) atoms. The Morgan fingerprint density at radius 1 is 1.26 bits per heavy atom. The van der Waals surface area contributed by atoms with Gasteiger partial charge in [-0.3, -0.25) is 0 Å². The van der Waals surface area contributed by atoms with E-state index in [4.69, 9.17) is 0 Å². The molecule has 0 aliphatic carbocycles. The Hall–Kier alpha value is -2.49. The van der Waals surface area contributed by atoms with Gasteiger partial charge in [-0.1, -0.05) is 6.07 Å². The molecule has 0 saturated carbocycles. The quantitative estimate of drug-likeness (QED) is 0.705. The van der Waals surface area contributed by atoms with Crippen LogP contribution in [0, 0.1) is 6.92 Å². The van der Waals surface area contributed by atoms with Crippen LogP contribution in [0.1, 0.15) is 11.1 Å². The molecule has 0 unspecified atom stereocenters. The average Bonchev–Trinajstić information content (AvgIpc) is 2.83. The highest BCUT2D eigenvalue weighted by Crippen LogP contribution is 2.21. The molecule has 3 rings (SSSR count). The highest BCUT2D eigenvalue weighted by atomic mass is 16.3. The maximum atomic E-state index is 9.50. The van der Waals surface area contributed by atoms with E-state index < -0.39 is 0 Å². The summed E-state index contributed by atoms with van der Waals surface area (Å²) in [7, 11) is 0. The number of nitrogens with zero attached hydrogens (tertiary/aromatic N) is 2. The summed E-state index contributed by atoms with van der Waals surface area (Å²) < 4.78 is 1.86. The predicted octanol–water partition coefficient (Wildman–Crippen LogP) is 2.96. The lowest BCUT2D eigenvalue weighted by molar-refractivity contribution is 0.471. The molecule has 1 aromatic carbocycles. The fourth-order valence-electron chi connectivity index (χ4n) is 2.09. The number of nitrogens with one attached hydrogen (secondary N) is 1. The molecule has 0 aliphatic heterocycles. The first-order valence-electron chi connectivity index (χ1n) is 6.19. The highest BCUT2D eigenvalue weighted by molar-refractivity contribution is 5.56. The number of hydrogen-bond donors (Lipinski definition) is 2. The van der Waals surface area contributed by atoms with E-state index in [1.165, 1.54) is 0 Å². The number of aromatic hydroxyl groups is 1. The van der Waals surface area contributed by atoms with Crippen LogP contribution in [0.5, 0.6) is 5.75 Å². The molecule has 4 heteroatoms. The minimum atomic E-state index is 0.321. The van der Waals surface area contributed by atoms with Crippen LogP contribution in [-0.4, -0.2) is 14.7 Å². The zero-order valence-electron chi connectivity index (χ0n) is 10.7. The number of pyridine rings is 1. The molecule has 0 atom stereocenters. The average molecular weight is 253 g/mol. The number of rotatable bonds is 3. The van der Waals surface area contributed by atoms with E-state index in [2.05, 4.69) is 10.4 Å². The smallest absolute Gasteiger partial charge is 0.118 e. The molecule has 0 aliphatic rings. The fourth-order valence-corrected chi connectivity index (χ4v) is 2.09. The standard InChI is InChI=1S/C15H15N3O/c1-11-8-13(5-6-15(11)19)16-9-12-10-17-18-7-3-2-4-14(12)18/h2-8,10,16,19H,9H2,1H3. The monoisotopic (exact) mass is 253 g/mol. The van der Waals surface area contributed by atoms with Crippen molar-refractivity contribution < 1.29 is 5.11 Å². The third-order valence-corrected chi connectivity index (χ3v) is 3.19. The molecule has 3 aromatic rings. The largest absolute Gasteiger partial charge is 0.508 e. The van der Waals surface area contributed by atoms with Gasteiger partial charge in [-0.25, -0.2) is 4.52 Å². The summed E-state index contributed by atoms with van der Waals surface area (Å²) in [6.45, 7) is 2.59. The molecule has 0 spiro atoms. The Balaban J connectivity index is 1.80. The maximum Gasteiger partial charge on any atom is 0.118 e. The lowest BCUT2D eigenvalue weighted by Gasteiger charge is -2.07. The molecule has 2 aromatic heterocycles. The van der Waals surface area contributed by atoms with Gasteiger partial charge in [0.1, 0.15) is 5.75 Å². The van der Waals surface area contributed by atoms with E-state index in [1.807, 2.05) is 54.2 Å². The molecule has 2 heterocycles. The van der Waals surface area contributed by atoms with Crippen LogP contribution < -0.4 is 5.32 Å². The van der Waals surface area contributed by atoms with E-state index in [9.17, 15) is 5.11 Å². The minimum Gasteiger partial charge on any atom is -0.508 e. The van der Waals surface area contributed by atoms with E-state index in [-0.39, 0.29) is 0 Å². The van der Waals surface area contributed by atoms with Crippen LogP contribution in [0.2, 0.25) is 0 Å². The number of fused-ring (bicyclic) bond motifs is 1. The number of aryl methyl sites for hydroxylation is 1. The third kappa shape index (κ3) is 2.25. The SMILES string of the molecule is Cc1cc(NCc2cnn3ccccc23)ccc1O. The van der Waals surface area contributed by atoms with Crippen molar-refractivity contribution in [2.45, 2.75) is 13.5 Å². The second-order valence-corrected chi connectivity index (χ2v) is 4.56. The van der Waals surface area contributed by atoms with Gasteiger partial charge in [-0.15, -0.1) is 0 Å². The Kier molecular flexibility index (Phi) is 2.83. The fraction of sp³-hybridized carbons (Fsp3) is 0.133. The molecule has 0 amide bonds. The van der Waals surface area contributed by atoms with Crippen molar-refractivity contribution in [3.63, 3.8) is 0 Å². The number of phenolic OH excluding ortho intramolecular Hbond substituents is 1. The summed E-state index contributed by atoms with van der Waals surface area (Å²) in [6.07, 6.45) is 3.80. The predicted molar refractivity (Wildman–Crippen MR) is 75.4 cm³/mol. The van der Waals surface area contributed by atoms with Crippen LogP contribution in [0.4, 0.5) is 5.69 Å². The van der Waals surface area contributed by atoms with E-state index >= 15 is 0 Å². The number of aromatic nitrogens is 2. The maximum absolute atomic E-state index is 9.50. The molecular weight excluding hydrogens is 238 g/mol. The van der Waals surface area contributed by atoms with E-state index in [1.54, 1.807) is 6.07 Å². The molecule has 2 N–H and O–H groups in total. The van der Waals surface area contributed by atoms with Crippen LogP contribution in [0.3, 0.4) is 0 Å². The van der Waals surface area contributed by atoms with Gasteiger partial charge in [0, 0.05) is 24.0 Å². The van der Waals surface area contributed by atoms with Crippen molar-refractivity contribution in [1.82, 2.24) is 9.61 Å². The summed E-state index contributed by atoms with van der Waals surface area (Å²) in [5, 5.41) is 17.1. The second kappa shape index (κ2) is 4.65. The molecule has 0 saturated heterocycles. The van der Waals surface area contributed by atoms with Crippen molar-refractivity contribution in [1.29, 1.82) is 0 Å². The Labute approximate surface area is 111 Å². The van der Waals surface area contributed by atoms with Gasteiger partial charge in [-0.2, -0.15) is 5.10 Å². The van der Waals surface area contributed by atoms with Crippen molar-refractivity contribution in [2.24, 2.45) is 0 Å². The van der Waals surface area contributed by atoms with Gasteiger partial charge in [0.25, 0.3) is 0 Å². The summed E-state index contributed by atoms with van der Waals surface area (Å²) in [4.78, 5) is 0. The number of hydrogen-bond acceptors (Lipinski definition) is 3. The van der Waals surface area contributed by atoms with Gasteiger partial charge in [0.05, 0.1) is 11.7 Å². The van der Waals surface area contributed by atoms with Crippen LogP contribution in [-0.2, 0) is 6.54 Å². The van der Waals surface area contributed by atoms with E-state index in [0.29, 0.717) is 12.3 Å². The van der Waals surface area contributed by atoms with Gasteiger partial charge >= 0.3 is 0 Å². The van der Waals surface area contributed by atoms with Gasteiger partial charge in [-0.05, 0) is 42.8 Å². The Bertz CT molecular complexity index is 718. The molecule has 96 valence electrons. The zero-order chi connectivity index (χ0) is 13.2. The molecule has 0 bridgehead atoms. The molecule has 0 fully saturated rings.